The van der Waals surface area contributed by atoms with Gasteiger partial charge in [-0.1, -0.05) is 29.3 Å². The molecule has 1 amide bonds. The molecule has 10 heteroatoms. The second-order valence-corrected chi connectivity index (χ2v) is 6.98. The van der Waals surface area contributed by atoms with Gasteiger partial charge in [0.25, 0.3) is 5.91 Å². The van der Waals surface area contributed by atoms with E-state index in [1.165, 1.54) is 18.3 Å². The minimum atomic E-state index is -0.592. The second-order valence-electron chi connectivity index (χ2n) is 6.14. The number of nitrogens with one attached hydrogen (secondary N) is 1. The van der Waals surface area contributed by atoms with Crippen molar-refractivity contribution in [2.45, 2.75) is 6.92 Å². The van der Waals surface area contributed by atoms with Crippen molar-refractivity contribution in [2.75, 3.05) is 6.61 Å². The minimum Gasteiger partial charge on any atom is -0.477 e. The first-order valence-corrected chi connectivity index (χ1v) is 9.34. The van der Waals surface area contributed by atoms with Gasteiger partial charge in [0.2, 0.25) is 0 Å². The molecule has 8 nitrogen and oxygen atoms in total. The Bertz CT molecular complexity index is 1130. The zero-order valence-corrected chi connectivity index (χ0v) is 17.1. The highest BCUT2D eigenvalue weighted by Gasteiger charge is 2.16. The van der Waals surface area contributed by atoms with Gasteiger partial charge < -0.3 is 9.15 Å². The van der Waals surface area contributed by atoms with Crippen LogP contribution in [0.2, 0.25) is 10.0 Å². The van der Waals surface area contributed by atoms with Gasteiger partial charge in [-0.3, -0.25) is 14.9 Å². The maximum absolute atomic E-state index is 11.9. The van der Waals surface area contributed by atoms with Gasteiger partial charge in [0.1, 0.15) is 11.5 Å². The molecule has 0 saturated carbocycles. The number of ether oxygens (including phenoxy) is 1. The molecule has 1 aromatic heterocycles. The molecule has 0 aliphatic rings. The lowest BCUT2D eigenvalue weighted by Crippen LogP contribution is -2.24. The summed E-state index contributed by atoms with van der Waals surface area (Å²) in [7, 11) is 0. The summed E-state index contributed by atoms with van der Waals surface area (Å²) < 4.78 is 10.8. The minimum absolute atomic E-state index is 0.00111. The molecule has 0 atom stereocenters. The quantitative estimate of drug-likeness (QED) is 0.311. The molecule has 0 spiro atoms. The Kier molecular flexibility index (Phi) is 6.71. The Balaban J connectivity index is 1.58. The highest BCUT2D eigenvalue weighted by molar-refractivity contribution is 6.35. The lowest BCUT2D eigenvalue weighted by atomic mass is 10.2. The number of amides is 1. The van der Waals surface area contributed by atoms with Gasteiger partial charge in [-0.25, -0.2) is 5.43 Å². The van der Waals surface area contributed by atoms with Crippen LogP contribution in [0.5, 0.6) is 5.75 Å². The standard InChI is InChI=1S/C20H15Cl2N3O5/c1-12-2-6-19(17(8-12)25(27)28)29-11-20(26)24-23-10-14-4-7-18(30-14)15-9-13(21)3-5-16(15)22/h2-10H,11H2,1H3,(H,24,26)/b23-10+. The maximum Gasteiger partial charge on any atom is 0.311 e. The monoisotopic (exact) mass is 447 g/mol. The van der Waals surface area contributed by atoms with Crippen LogP contribution in [0, 0.1) is 17.0 Å². The third kappa shape index (κ3) is 5.37. The lowest BCUT2D eigenvalue weighted by molar-refractivity contribution is -0.385. The second kappa shape index (κ2) is 9.43. The number of carbonyl (C=O) groups excluding carboxylic acids is 1. The smallest absolute Gasteiger partial charge is 0.311 e. The van der Waals surface area contributed by atoms with Crippen molar-refractivity contribution in [1.82, 2.24) is 5.43 Å². The highest BCUT2D eigenvalue weighted by atomic mass is 35.5. The molecular weight excluding hydrogens is 433 g/mol. The molecule has 0 radical (unpaired) electrons. The van der Waals surface area contributed by atoms with E-state index in [2.05, 4.69) is 10.5 Å². The molecule has 1 N–H and O–H groups in total. The van der Waals surface area contributed by atoms with Crippen LogP contribution in [-0.4, -0.2) is 23.7 Å². The van der Waals surface area contributed by atoms with Crippen molar-refractivity contribution in [3.63, 3.8) is 0 Å². The van der Waals surface area contributed by atoms with E-state index in [-0.39, 0.29) is 11.4 Å². The average Bonchev–Trinajstić information content (AvgIpc) is 3.17. The molecule has 154 valence electrons. The van der Waals surface area contributed by atoms with E-state index in [1.54, 1.807) is 43.3 Å². The van der Waals surface area contributed by atoms with Crippen LogP contribution in [0.4, 0.5) is 5.69 Å². The molecule has 0 bridgehead atoms. The van der Waals surface area contributed by atoms with Gasteiger partial charge in [0.05, 0.1) is 16.2 Å². The fraction of sp³-hybridized carbons (Fsp3) is 0.100. The molecule has 0 fully saturated rings. The van der Waals surface area contributed by atoms with Gasteiger partial charge in [0.15, 0.2) is 12.4 Å². The molecule has 30 heavy (non-hydrogen) atoms. The van der Waals surface area contributed by atoms with Gasteiger partial charge in [-0.05, 0) is 48.9 Å². The Morgan fingerprint density at radius 1 is 1.23 bits per heavy atom. The van der Waals surface area contributed by atoms with E-state index in [1.807, 2.05) is 0 Å². The van der Waals surface area contributed by atoms with E-state index < -0.39 is 17.4 Å². The van der Waals surface area contributed by atoms with Crippen LogP contribution in [0.1, 0.15) is 11.3 Å². The number of carbonyl (C=O) groups is 1. The Morgan fingerprint density at radius 3 is 2.80 bits per heavy atom. The topological polar surface area (TPSA) is 107 Å². The number of hydrazone groups is 1. The number of aryl methyl sites for hydroxylation is 1. The largest absolute Gasteiger partial charge is 0.477 e. The number of hydrogen-bond donors (Lipinski definition) is 1. The van der Waals surface area contributed by atoms with Crippen molar-refractivity contribution in [1.29, 1.82) is 0 Å². The first-order chi connectivity index (χ1) is 14.3. The highest BCUT2D eigenvalue weighted by Crippen LogP contribution is 2.31. The van der Waals surface area contributed by atoms with Gasteiger partial charge >= 0.3 is 5.69 Å². The van der Waals surface area contributed by atoms with Crippen molar-refractivity contribution in [3.8, 4) is 17.1 Å². The van der Waals surface area contributed by atoms with Crippen molar-refractivity contribution in [3.05, 3.63) is 80.0 Å². The van der Waals surface area contributed by atoms with Crippen molar-refractivity contribution >= 4 is 41.0 Å². The first-order valence-electron chi connectivity index (χ1n) is 8.58. The normalized spacial score (nSPS) is 10.9. The van der Waals surface area contributed by atoms with Crippen LogP contribution in [-0.2, 0) is 4.79 Å². The molecule has 0 unspecified atom stereocenters. The predicted molar refractivity (Wildman–Crippen MR) is 113 cm³/mol. The van der Waals surface area contributed by atoms with Crippen molar-refractivity contribution in [2.24, 2.45) is 5.10 Å². The van der Waals surface area contributed by atoms with Crippen LogP contribution < -0.4 is 10.2 Å². The van der Waals surface area contributed by atoms with E-state index >= 15 is 0 Å². The summed E-state index contributed by atoms with van der Waals surface area (Å²) >= 11 is 12.1. The summed E-state index contributed by atoms with van der Waals surface area (Å²) in [5.74, 6) is 0.270. The Morgan fingerprint density at radius 2 is 2.03 bits per heavy atom. The predicted octanol–water partition coefficient (Wildman–Crippen LogP) is 5.00. The zero-order valence-electron chi connectivity index (χ0n) is 15.6. The van der Waals surface area contributed by atoms with Gasteiger partial charge in [-0.15, -0.1) is 0 Å². The number of halogens is 2. The van der Waals surface area contributed by atoms with E-state index in [4.69, 9.17) is 32.4 Å². The number of nitrogens with zero attached hydrogens (tertiary/aromatic N) is 2. The third-order valence-electron chi connectivity index (χ3n) is 3.87. The Hall–Kier alpha value is -3.36. The van der Waals surface area contributed by atoms with Crippen LogP contribution >= 0.6 is 23.2 Å². The van der Waals surface area contributed by atoms with E-state index in [0.717, 1.165) is 0 Å². The zero-order chi connectivity index (χ0) is 21.7. The van der Waals surface area contributed by atoms with Crippen molar-refractivity contribution < 1.29 is 18.9 Å². The van der Waals surface area contributed by atoms with E-state index in [0.29, 0.717) is 32.7 Å². The summed E-state index contributed by atoms with van der Waals surface area (Å²) in [6, 6.07) is 12.8. The molecular formula is C20H15Cl2N3O5. The molecule has 0 aliphatic heterocycles. The molecule has 2 aromatic carbocycles. The fourth-order valence-electron chi connectivity index (χ4n) is 2.49. The molecule has 0 saturated heterocycles. The van der Waals surface area contributed by atoms with Crippen LogP contribution in [0.25, 0.3) is 11.3 Å². The number of rotatable bonds is 7. The average molecular weight is 448 g/mol. The van der Waals surface area contributed by atoms with E-state index in [9.17, 15) is 14.9 Å². The maximum atomic E-state index is 11.9. The summed E-state index contributed by atoms with van der Waals surface area (Å²) in [6.07, 6.45) is 1.30. The first kappa shape index (κ1) is 21.4. The van der Waals surface area contributed by atoms with Gasteiger partial charge in [-0.2, -0.15) is 5.10 Å². The number of benzene rings is 2. The number of furan rings is 1. The number of nitro benzene ring substituents is 1. The number of hydrogen-bond acceptors (Lipinski definition) is 6. The van der Waals surface area contributed by atoms with Gasteiger partial charge in [0, 0.05) is 16.7 Å². The molecule has 3 aromatic rings. The fourth-order valence-corrected chi connectivity index (χ4v) is 2.87. The summed E-state index contributed by atoms with van der Waals surface area (Å²) in [6.45, 7) is 1.28. The Labute approximate surface area is 181 Å². The van der Waals surface area contributed by atoms with Crippen LogP contribution in [0.15, 0.2) is 58.0 Å². The van der Waals surface area contributed by atoms with Crippen LogP contribution in [0.3, 0.4) is 0 Å². The number of nitro groups is 1. The molecule has 1 heterocycles. The molecule has 0 aliphatic carbocycles. The SMILES string of the molecule is Cc1ccc(OCC(=O)N/N=C/c2ccc(-c3cc(Cl)ccc3Cl)o2)c([N+](=O)[O-])c1. The summed E-state index contributed by atoms with van der Waals surface area (Å²) in [5.41, 5.74) is 3.38. The summed E-state index contributed by atoms with van der Waals surface area (Å²) in [5, 5.41) is 15.8. The summed E-state index contributed by atoms with van der Waals surface area (Å²) in [4.78, 5) is 22.4. The third-order valence-corrected chi connectivity index (χ3v) is 4.44. The molecule has 3 rings (SSSR count). The lowest BCUT2D eigenvalue weighted by Gasteiger charge is -2.06.